The van der Waals surface area contributed by atoms with Gasteiger partial charge in [0, 0.05) is 20.1 Å². The molecule has 4 heteroatoms. The minimum absolute atomic E-state index is 0.0815. The molecule has 1 saturated heterocycles. The Morgan fingerprint density at radius 3 is 2.75 bits per heavy atom. The van der Waals surface area contributed by atoms with Crippen molar-refractivity contribution in [2.24, 2.45) is 5.73 Å². The van der Waals surface area contributed by atoms with E-state index in [1.807, 2.05) is 7.05 Å². The predicted octanol–water partition coefficient (Wildman–Crippen LogP) is 1.14. The summed E-state index contributed by atoms with van der Waals surface area (Å²) < 4.78 is 5.58. The second-order valence-corrected chi connectivity index (χ2v) is 4.53. The van der Waals surface area contributed by atoms with Crippen LogP contribution < -0.4 is 5.73 Å². The first-order valence-electron chi connectivity index (χ1n) is 6.29. The van der Waals surface area contributed by atoms with Gasteiger partial charge in [0.15, 0.2) is 0 Å². The summed E-state index contributed by atoms with van der Waals surface area (Å²) in [6, 6.07) is 0. The second kappa shape index (κ2) is 6.86. The van der Waals surface area contributed by atoms with Crippen LogP contribution in [0, 0.1) is 0 Å². The van der Waals surface area contributed by atoms with Crippen LogP contribution >= 0.6 is 0 Å². The summed E-state index contributed by atoms with van der Waals surface area (Å²) in [7, 11) is 1.86. The number of carbonyl (C=O) groups is 1. The van der Waals surface area contributed by atoms with Gasteiger partial charge in [0.1, 0.15) is 6.10 Å². The summed E-state index contributed by atoms with van der Waals surface area (Å²) in [6.07, 6.45) is 4.99. The van der Waals surface area contributed by atoms with E-state index in [2.05, 4.69) is 6.92 Å². The first-order chi connectivity index (χ1) is 7.69. The average Bonchev–Trinajstić information content (AvgIpc) is 2.76. The molecule has 94 valence electrons. The predicted molar refractivity (Wildman–Crippen MR) is 64.1 cm³/mol. The number of amides is 1. The topological polar surface area (TPSA) is 55.6 Å². The highest BCUT2D eigenvalue weighted by Crippen LogP contribution is 2.20. The third-order valence-electron chi connectivity index (χ3n) is 3.12. The second-order valence-electron chi connectivity index (χ2n) is 4.53. The third-order valence-corrected chi connectivity index (χ3v) is 3.12. The molecule has 1 fully saturated rings. The standard InChI is InChI=1S/C12H24N2O2/c1-3-4-5-8-14(2)12(15)11-7-6-10(9-13)16-11/h10-11H,3-9,13H2,1-2H3. The molecule has 1 amide bonds. The van der Waals surface area contributed by atoms with Crippen molar-refractivity contribution in [3.8, 4) is 0 Å². The van der Waals surface area contributed by atoms with E-state index in [-0.39, 0.29) is 18.1 Å². The zero-order chi connectivity index (χ0) is 12.0. The molecular weight excluding hydrogens is 204 g/mol. The maximum atomic E-state index is 12.0. The molecule has 0 radical (unpaired) electrons. The molecule has 4 nitrogen and oxygen atoms in total. The molecule has 0 bridgehead atoms. The zero-order valence-electron chi connectivity index (χ0n) is 10.4. The van der Waals surface area contributed by atoms with E-state index in [0.717, 1.165) is 25.8 Å². The number of hydrogen-bond donors (Lipinski definition) is 1. The lowest BCUT2D eigenvalue weighted by Gasteiger charge is -2.21. The van der Waals surface area contributed by atoms with Crippen LogP contribution in [-0.4, -0.2) is 43.2 Å². The summed E-state index contributed by atoms with van der Waals surface area (Å²) in [5, 5.41) is 0. The van der Waals surface area contributed by atoms with Crippen LogP contribution in [0.5, 0.6) is 0 Å². The molecule has 0 aromatic rings. The van der Waals surface area contributed by atoms with Crippen LogP contribution in [0.25, 0.3) is 0 Å². The Morgan fingerprint density at radius 2 is 2.19 bits per heavy atom. The van der Waals surface area contributed by atoms with E-state index < -0.39 is 0 Å². The van der Waals surface area contributed by atoms with Crippen LogP contribution in [0.2, 0.25) is 0 Å². The normalized spacial score (nSPS) is 24.7. The number of ether oxygens (including phenoxy) is 1. The van der Waals surface area contributed by atoms with Crippen molar-refractivity contribution in [2.75, 3.05) is 20.1 Å². The van der Waals surface area contributed by atoms with Gasteiger partial charge in [0.25, 0.3) is 5.91 Å². The van der Waals surface area contributed by atoms with Crippen molar-refractivity contribution in [1.29, 1.82) is 0 Å². The molecule has 0 aromatic heterocycles. The first kappa shape index (κ1) is 13.5. The summed E-state index contributed by atoms with van der Waals surface area (Å²) in [5.74, 6) is 0.118. The first-order valence-corrected chi connectivity index (χ1v) is 6.29. The van der Waals surface area contributed by atoms with Gasteiger partial charge in [0.2, 0.25) is 0 Å². The molecule has 2 atom stereocenters. The number of rotatable bonds is 6. The van der Waals surface area contributed by atoms with Crippen molar-refractivity contribution in [1.82, 2.24) is 4.90 Å². The molecule has 0 saturated carbocycles. The molecule has 1 rings (SSSR count). The third kappa shape index (κ3) is 3.76. The maximum Gasteiger partial charge on any atom is 0.251 e. The number of unbranched alkanes of at least 4 members (excludes halogenated alkanes) is 2. The fourth-order valence-electron chi connectivity index (χ4n) is 2.02. The van der Waals surface area contributed by atoms with E-state index in [4.69, 9.17) is 10.5 Å². The summed E-state index contributed by atoms with van der Waals surface area (Å²) in [6.45, 7) is 3.51. The highest BCUT2D eigenvalue weighted by molar-refractivity contribution is 5.80. The SMILES string of the molecule is CCCCCN(C)C(=O)C1CCC(CN)O1. The Hall–Kier alpha value is -0.610. The molecule has 0 aliphatic carbocycles. The monoisotopic (exact) mass is 228 g/mol. The van der Waals surface area contributed by atoms with Crippen LogP contribution in [0.1, 0.15) is 39.0 Å². The lowest BCUT2D eigenvalue weighted by atomic mass is 10.1. The summed E-state index contributed by atoms with van der Waals surface area (Å²) in [4.78, 5) is 13.8. The number of nitrogens with two attached hydrogens (primary N) is 1. The van der Waals surface area contributed by atoms with Gasteiger partial charge >= 0.3 is 0 Å². The zero-order valence-corrected chi connectivity index (χ0v) is 10.4. The van der Waals surface area contributed by atoms with Gasteiger partial charge in [0.05, 0.1) is 6.10 Å². The molecule has 16 heavy (non-hydrogen) atoms. The molecule has 0 aromatic carbocycles. The highest BCUT2D eigenvalue weighted by atomic mass is 16.5. The molecular formula is C12H24N2O2. The lowest BCUT2D eigenvalue weighted by molar-refractivity contribution is -0.141. The summed E-state index contributed by atoms with van der Waals surface area (Å²) >= 11 is 0. The van der Waals surface area contributed by atoms with E-state index in [1.165, 1.54) is 12.8 Å². The largest absolute Gasteiger partial charge is 0.364 e. The van der Waals surface area contributed by atoms with E-state index in [0.29, 0.717) is 6.54 Å². The number of carbonyl (C=O) groups excluding carboxylic acids is 1. The Balaban J connectivity index is 2.28. The van der Waals surface area contributed by atoms with Crippen LogP contribution in [0.15, 0.2) is 0 Å². The number of hydrogen-bond acceptors (Lipinski definition) is 3. The van der Waals surface area contributed by atoms with Crippen molar-refractivity contribution < 1.29 is 9.53 Å². The van der Waals surface area contributed by atoms with Gasteiger partial charge in [-0.25, -0.2) is 0 Å². The Labute approximate surface area is 98.1 Å². The van der Waals surface area contributed by atoms with E-state index >= 15 is 0 Å². The fraction of sp³-hybridized carbons (Fsp3) is 0.917. The molecule has 1 aliphatic heterocycles. The van der Waals surface area contributed by atoms with Crippen LogP contribution in [-0.2, 0) is 9.53 Å². The van der Waals surface area contributed by atoms with Crippen LogP contribution in [0.3, 0.4) is 0 Å². The smallest absolute Gasteiger partial charge is 0.251 e. The Morgan fingerprint density at radius 1 is 1.44 bits per heavy atom. The van der Waals surface area contributed by atoms with Gasteiger partial charge in [-0.15, -0.1) is 0 Å². The van der Waals surface area contributed by atoms with E-state index in [1.54, 1.807) is 4.90 Å². The van der Waals surface area contributed by atoms with Gasteiger partial charge in [-0.05, 0) is 19.3 Å². The Kier molecular flexibility index (Phi) is 5.77. The van der Waals surface area contributed by atoms with Gasteiger partial charge in [-0.2, -0.15) is 0 Å². The van der Waals surface area contributed by atoms with E-state index in [9.17, 15) is 4.79 Å². The van der Waals surface area contributed by atoms with Crippen molar-refractivity contribution >= 4 is 5.91 Å². The minimum Gasteiger partial charge on any atom is -0.364 e. The molecule has 0 spiro atoms. The molecule has 1 aliphatic rings. The van der Waals surface area contributed by atoms with Gasteiger partial charge in [-0.3, -0.25) is 4.79 Å². The molecule has 2 N–H and O–H groups in total. The summed E-state index contributed by atoms with van der Waals surface area (Å²) in [5.41, 5.74) is 5.52. The van der Waals surface area contributed by atoms with Crippen molar-refractivity contribution in [2.45, 2.75) is 51.2 Å². The Bertz CT molecular complexity index is 221. The fourth-order valence-corrected chi connectivity index (χ4v) is 2.02. The van der Waals surface area contributed by atoms with Gasteiger partial charge < -0.3 is 15.4 Å². The van der Waals surface area contributed by atoms with Crippen molar-refractivity contribution in [3.05, 3.63) is 0 Å². The van der Waals surface area contributed by atoms with Crippen LogP contribution in [0.4, 0.5) is 0 Å². The number of nitrogens with zero attached hydrogens (tertiary/aromatic N) is 1. The maximum absolute atomic E-state index is 12.0. The average molecular weight is 228 g/mol. The number of likely N-dealkylation sites (N-methyl/N-ethyl adjacent to an activating group) is 1. The highest BCUT2D eigenvalue weighted by Gasteiger charge is 2.31. The quantitative estimate of drug-likeness (QED) is 0.694. The molecule has 2 unspecified atom stereocenters. The lowest BCUT2D eigenvalue weighted by Crippen LogP contribution is -2.37. The van der Waals surface area contributed by atoms with Gasteiger partial charge in [-0.1, -0.05) is 19.8 Å². The molecule has 1 heterocycles. The van der Waals surface area contributed by atoms with Crippen molar-refractivity contribution in [3.63, 3.8) is 0 Å². The minimum atomic E-state index is -0.250.